The molecule has 1 aromatic heterocycles. The minimum Gasteiger partial charge on any atom is -0.486 e. The van der Waals surface area contributed by atoms with Gasteiger partial charge in [0.1, 0.15) is 22.2 Å². The van der Waals surface area contributed by atoms with E-state index >= 15 is 0 Å². The number of unbranched alkanes of at least 4 members (excludes halogenated alkanes) is 1. The Hall–Kier alpha value is -1.92. The Kier molecular flexibility index (Phi) is 7.03. The number of carbonyl (C=O) groups is 1. The number of thiazole rings is 1. The number of amides is 1. The molecule has 1 saturated heterocycles. The fourth-order valence-corrected chi connectivity index (χ4v) is 4.03. The van der Waals surface area contributed by atoms with Crippen molar-refractivity contribution >= 4 is 17.2 Å². The molecule has 1 aliphatic heterocycles. The molecular weight excluding hydrogens is 346 g/mol. The molecule has 1 N–H and O–H groups in total. The molecule has 1 aliphatic rings. The van der Waals surface area contributed by atoms with Crippen LogP contribution in [-0.2, 0) is 6.61 Å². The van der Waals surface area contributed by atoms with Gasteiger partial charge in [0.25, 0.3) is 5.91 Å². The van der Waals surface area contributed by atoms with Crippen LogP contribution in [0.1, 0.15) is 46.1 Å². The minimum atomic E-state index is -0.0212. The number of hydrogen-bond acceptors (Lipinski definition) is 5. The monoisotopic (exact) mass is 373 g/mol. The highest BCUT2D eigenvalue weighted by Crippen LogP contribution is 2.20. The summed E-state index contributed by atoms with van der Waals surface area (Å²) in [6.07, 6.45) is 4.82. The number of nitrogens with zero attached hydrogens (tertiary/aromatic N) is 2. The number of carbonyl (C=O) groups excluding carboxylic acids is 1. The summed E-state index contributed by atoms with van der Waals surface area (Å²) in [5.41, 5.74) is 0.774. The first-order valence-corrected chi connectivity index (χ1v) is 10.2. The zero-order valence-corrected chi connectivity index (χ0v) is 16.2. The summed E-state index contributed by atoms with van der Waals surface area (Å²) in [5.74, 6) is 0.788. The van der Waals surface area contributed by atoms with Gasteiger partial charge >= 0.3 is 0 Å². The molecule has 0 atom stereocenters. The smallest absolute Gasteiger partial charge is 0.263 e. The lowest BCUT2D eigenvalue weighted by Crippen LogP contribution is -2.26. The molecule has 140 valence electrons. The molecule has 0 spiro atoms. The lowest BCUT2D eigenvalue weighted by atomic mass is 10.3. The Morgan fingerprint density at radius 1 is 1.23 bits per heavy atom. The SMILES string of the molecule is Cc1nc(COc2ccccc2)sc1C(=O)NCCCCN1CCCC1. The van der Waals surface area contributed by atoms with Crippen LogP contribution in [-0.4, -0.2) is 42.0 Å². The third-order valence-electron chi connectivity index (χ3n) is 4.54. The Morgan fingerprint density at radius 2 is 2.00 bits per heavy atom. The summed E-state index contributed by atoms with van der Waals surface area (Å²) in [5, 5.41) is 3.85. The predicted molar refractivity (Wildman–Crippen MR) is 105 cm³/mol. The Labute approximate surface area is 159 Å². The first kappa shape index (κ1) is 18.9. The maximum absolute atomic E-state index is 12.4. The quantitative estimate of drug-likeness (QED) is 0.682. The average Bonchev–Trinajstić information content (AvgIpc) is 3.30. The van der Waals surface area contributed by atoms with Gasteiger partial charge in [0.15, 0.2) is 0 Å². The van der Waals surface area contributed by atoms with E-state index in [-0.39, 0.29) is 5.91 Å². The van der Waals surface area contributed by atoms with Gasteiger partial charge in [0, 0.05) is 6.54 Å². The fraction of sp³-hybridized carbons (Fsp3) is 0.500. The van der Waals surface area contributed by atoms with Crippen LogP contribution in [0.3, 0.4) is 0 Å². The number of nitrogens with one attached hydrogen (secondary N) is 1. The van der Waals surface area contributed by atoms with Crippen LogP contribution in [0.2, 0.25) is 0 Å². The second kappa shape index (κ2) is 9.69. The molecule has 2 aromatic rings. The van der Waals surface area contributed by atoms with Crippen LogP contribution in [0.5, 0.6) is 5.75 Å². The highest BCUT2D eigenvalue weighted by molar-refractivity contribution is 7.13. The van der Waals surface area contributed by atoms with Crippen molar-refractivity contribution in [3.63, 3.8) is 0 Å². The summed E-state index contributed by atoms with van der Waals surface area (Å²) < 4.78 is 5.71. The highest BCUT2D eigenvalue weighted by atomic mass is 32.1. The maximum Gasteiger partial charge on any atom is 0.263 e. The van der Waals surface area contributed by atoms with Crippen molar-refractivity contribution in [2.75, 3.05) is 26.2 Å². The van der Waals surface area contributed by atoms with Gasteiger partial charge in [-0.15, -0.1) is 11.3 Å². The van der Waals surface area contributed by atoms with E-state index in [9.17, 15) is 4.79 Å². The molecule has 0 aliphatic carbocycles. The number of para-hydroxylation sites is 1. The zero-order valence-electron chi connectivity index (χ0n) is 15.4. The van der Waals surface area contributed by atoms with Crippen LogP contribution in [0, 0.1) is 6.92 Å². The lowest BCUT2D eigenvalue weighted by Gasteiger charge is -2.13. The largest absolute Gasteiger partial charge is 0.486 e. The molecule has 26 heavy (non-hydrogen) atoms. The van der Waals surface area contributed by atoms with Gasteiger partial charge in [-0.25, -0.2) is 4.98 Å². The molecule has 6 heteroatoms. The fourth-order valence-electron chi connectivity index (χ4n) is 3.14. The topological polar surface area (TPSA) is 54.5 Å². The second-order valence-electron chi connectivity index (χ2n) is 6.64. The van der Waals surface area contributed by atoms with Crippen molar-refractivity contribution in [3.05, 3.63) is 45.9 Å². The van der Waals surface area contributed by atoms with Crippen molar-refractivity contribution in [1.82, 2.24) is 15.2 Å². The summed E-state index contributed by atoms with van der Waals surface area (Å²) >= 11 is 1.41. The summed E-state index contributed by atoms with van der Waals surface area (Å²) in [6.45, 7) is 6.61. The molecule has 1 aromatic carbocycles. The first-order valence-electron chi connectivity index (χ1n) is 9.37. The molecule has 0 saturated carbocycles. The predicted octanol–water partition coefficient (Wildman–Crippen LogP) is 3.64. The van der Waals surface area contributed by atoms with E-state index in [2.05, 4.69) is 15.2 Å². The molecule has 0 bridgehead atoms. The average molecular weight is 374 g/mol. The van der Waals surface area contributed by atoms with Gasteiger partial charge in [-0.2, -0.15) is 0 Å². The van der Waals surface area contributed by atoms with Gasteiger partial charge in [-0.05, 0) is 64.4 Å². The van der Waals surface area contributed by atoms with Gasteiger partial charge in [-0.3, -0.25) is 4.79 Å². The van der Waals surface area contributed by atoms with Gasteiger partial charge in [-0.1, -0.05) is 18.2 Å². The standard InChI is InChI=1S/C20H27N3O2S/c1-16-19(20(24)21-11-5-6-12-23-13-7-8-14-23)26-18(22-16)15-25-17-9-3-2-4-10-17/h2-4,9-10H,5-8,11-15H2,1H3,(H,21,24). The summed E-state index contributed by atoms with van der Waals surface area (Å²) in [6, 6.07) is 9.65. The van der Waals surface area contributed by atoms with Crippen molar-refractivity contribution < 1.29 is 9.53 Å². The highest BCUT2D eigenvalue weighted by Gasteiger charge is 2.15. The van der Waals surface area contributed by atoms with Gasteiger partial charge in [0.2, 0.25) is 0 Å². The van der Waals surface area contributed by atoms with Crippen molar-refractivity contribution in [2.24, 2.45) is 0 Å². The molecule has 0 radical (unpaired) electrons. The normalized spacial score (nSPS) is 14.5. The van der Waals surface area contributed by atoms with Crippen LogP contribution in [0.15, 0.2) is 30.3 Å². The number of aromatic nitrogens is 1. The zero-order chi connectivity index (χ0) is 18.2. The third kappa shape index (κ3) is 5.54. The molecular formula is C20H27N3O2S. The molecule has 1 fully saturated rings. The minimum absolute atomic E-state index is 0.0212. The number of ether oxygens (including phenoxy) is 1. The second-order valence-corrected chi connectivity index (χ2v) is 7.72. The molecule has 0 unspecified atom stereocenters. The van der Waals surface area contributed by atoms with Crippen molar-refractivity contribution in [3.8, 4) is 5.75 Å². The Balaban J connectivity index is 1.40. The van der Waals surface area contributed by atoms with E-state index in [0.29, 0.717) is 11.5 Å². The van der Waals surface area contributed by atoms with Crippen LogP contribution < -0.4 is 10.1 Å². The van der Waals surface area contributed by atoms with E-state index < -0.39 is 0 Å². The molecule has 1 amide bonds. The first-order chi connectivity index (χ1) is 12.7. The summed E-state index contributed by atoms with van der Waals surface area (Å²) in [7, 11) is 0. The Morgan fingerprint density at radius 3 is 2.77 bits per heavy atom. The van der Waals surface area contributed by atoms with Crippen molar-refractivity contribution in [1.29, 1.82) is 0 Å². The van der Waals surface area contributed by atoms with Crippen LogP contribution in [0.25, 0.3) is 0 Å². The van der Waals surface area contributed by atoms with E-state index in [1.807, 2.05) is 37.3 Å². The van der Waals surface area contributed by atoms with E-state index in [1.165, 1.54) is 37.3 Å². The van der Waals surface area contributed by atoms with E-state index in [4.69, 9.17) is 4.74 Å². The van der Waals surface area contributed by atoms with Crippen LogP contribution in [0.4, 0.5) is 0 Å². The number of benzene rings is 1. The molecule has 2 heterocycles. The lowest BCUT2D eigenvalue weighted by molar-refractivity contribution is 0.0956. The maximum atomic E-state index is 12.4. The van der Waals surface area contributed by atoms with E-state index in [0.717, 1.165) is 42.4 Å². The number of likely N-dealkylation sites (tertiary alicyclic amines) is 1. The molecule has 3 rings (SSSR count). The number of hydrogen-bond donors (Lipinski definition) is 1. The summed E-state index contributed by atoms with van der Waals surface area (Å²) in [4.78, 5) is 20.0. The Bertz CT molecular complexity index is 696. The van der Waals surface area contributed by atoms with E-state index in [1.54, 1.807) is 0 Å². The van der Waals surface area contributed by atoms with Crippen LogP contribution >= 0.6 is 11.3 Å². The molecule has 5 nitrogen and oxygen atoms in total. The van der Waals surface area contributed by atoms with Crippen molar-refractivity contribution in [2.45, 2.75) is 39.2 Å². The number of rotatable bonds is 9. The van der Waals surface area contributed by atoms with Gasteiger partial charge < -0.3 is 15.0 Å². The van der Waals surface area contributed by atoms with Gasteiger partial charge in [0.05, 0.1) is 5.69 Å². The third-order valence-corrected chi connectivity index (χ3v) is 5.67. The number of aryl methyl sites for hydroxylation is 1.